The van der Waals surface area contributed by atoms with Crippen LogP contribution in [0.15, 0.2) is 34.7 Å². The molecule has 0 spiro atoms. The van der Waals surface area contributed by atoms with Crippen LogP contribution in [0.25, 0.3) is 0 Å². The number of rotatable bonds is 6. The normalized spacial score (nSPS) is 12.4. The Hall–Kier alpha value is -1.74. The maximum Gasteiger partial charge on any atom is 0.119 e. The number of aryl methyl sites for hydroxylation is 3. The molecule has 0 bridgehead atoms. The zero-order chi connectivity index (χ0) is 14.5. The van der Waals surface area contributed by atoms with Crippen molar-refractivity contribution >= 4 is 0 Å². The van der Waals surface area contributed by atoms with Crippen molar-refractivity contribution in [1.29, 1.82) is 0 Å². The van der Waals surface area contributed by atoms with Crippen LogP contribution in [0.4, 0.5) is 0 Å². The highest BCUT2D eigenvalue weighted by molar-refractivity contribution is 5.27. The van der Waals surface area contributed by atoms with E-state index in [1.54, 1.807) is 0 Å². The zero-order valence-electron chi connectivity index (χ0n) is 12.7. The van der Waals surface area contributed by atoms with Crippen LogP contribution in [0.5, 0.6) is 5.75 Å². The Morgan fingerprint density at radius 1 is 1.20 bits per heavy atom. The lowest BCUT2D eigenvalue weighted by Crippen LogP contribution is -2.24. The van der Waals surface area contributed by atoms with Crippen LogP contribution < -0.4 is 10.1 Å². The highest BCUT2D eigenvalue weighted by Crippen LogP contribution is 2.20. The standard InChI is InChI=1S/C17H23NO2/c1-12-6-5-7-16(10-12)19-9-8-18-14(3)17-11-13(2)20-15(17)4/h5-7,10-11,14,18H,8-9H2,1-4H3. The van der Waals surface area contributed by atoms with E-state index in [0.717, 1.165) is 23.8 Å². The van der Waals surface area contributed by atoms with E-state index in [1.807, 2.05) is 32.0 Å². The number of nitrogens with one attached hydrogen (secondary N) is 1. The highest BCUT2D eigenvalue weighted by atomic mass is 16.5. The van der Waals surface area contributed by atoms with Crippen LogP contribution in [-0.4, -0.2) is 13.2 Å². The Morgan fingerprint density at radius 3 is 2.65 bits per heavy atom. The average Bonchev–Trinajstić information content (AvgIpc) is 2.74. The molecule has 1 aromatic heterocycles. The average molecular weight is 273 g/mol. The van der Waals surface area contributed by atoms with E-state index in [4.69, 9.17) is 9.15 Å². The van der Waals surface area contributed by atoms with Gasteiger partial charge in [-0.05, 0) is 51.5 Å². The summed E-state index contributed by atoms with van der Waals surface area (Å²) >= 11 is 0. The molecule has 0 radical (unpaired) electrons. The van der Waals surface area contributed by atoms with Gasteiger partial charge in [0.05, 0.1) is 0 Å². The summed E-state index contributed by atoms with van der Waals surface area (Å²) in [6, 6.07) is 10.5. The predicted octanol–water partition coefficient (Wildman–Crippen LogP) is 3.93. The highest BCUT2D eigenvalue weighted by Gasteiger charge is 2.11. The molecule has 1 heterocycles. The van der Waals surface area contributed by atoms with Crippen molar-refractivity contribution in [3.05, 3.63) is 53.0 Å². The number of benzene rings is 1. The Labute approximate surface area is 121 Å². The lowest BCUT2D eigenvalue weighted by atomic mass is 10.1. The van der Waals surface area contributed by atoms with Crippen molar-refractivity contribution in [2.45, 2.75) is 33.7 Å². The number of furan rings is 1. The van der Waals surface area contributed by atoms with Crippen LogP contribution in [0.2, 0.25) is 0 Å². The molecule has 108 valence electrons. The van der Waals surface area contributed by atoms with Crippen molar-refractivity contribution in [3.8, 4) is 5.75 Å². The van der Waals surface area contributed by atoms with E-state index in [2.05, 4.69) is 31.3 Å². The van der Waals surface area contributed by atoms with Crippen LogP contribution in [0, 0.1) is 20.8 Å². The van der Waals surface area contributed by atoms with E-state index in [-0.39, 0.29) is 6.04 Å². The SMILES string of the molecule is Cc1cccc(OCCNC(C)c2cc(C)oc2C)c1. The minimum Gasteiger partial charge on any atom is -0.492 e. The third-order valence-corrected chi connectivity index (χ3v) is 3.36. The lowest BCUT2D eigenvalue weighted by molar-refractivity contribution is 0.307. The van der Waals surface area contributed by atoms with E-state index in [0.29, 0.717) is 6.61 Å². The molecule has 0 aliphatic carbocycles. The Morgan fingerprint density at radius 2 is 2.00 bits per heavy atom. The van der Waals surface area contributed by atoms with Crippen LogP contribution in [-0.2, 0) is 0 Å². The second-order valence-electron chi connectivity index (χ2n) is 5.21. The van der Waals surface area contributed by atoms with Gasteiger partial charge in [0.15, 0.2) is 0 Å². The van der Waals surface area contributed by atoms with Gasteiger partial charge in [-0.25, -0.2) is 0 Å². The summed E-state index contributed by atoms with van der Waals surface area (Å²) < 4.78 is 11.3. The molecule has 0 aliphatic rings. The van der Waals surface area contributed by atoms with Crippen LogP contribution in [0.3, 0.4) is 0 Å². The first-order valence-corrected chi connectivity index (χ1v) is 7.06. The molecule has 20 heavy (non-hydrogen) atoms. The molecule has 2 aromatic rings. The molecule has 1 N–H and O–H groups in total. The van der Waals surface area contributed by atoms with Crippen LogP contribution >= 0.6 is 0 Å². The van der Waals surface area contributed by atoms with Gasteiger partial charge in [-0.1, -0.05) is 12.1 Å². The Bertz CT molecular complexity index is 560. The van der Waals surface area contributed by atoms with Crippen molar-refractivity contribution in [3.63, 3.8) is 0 Å². The number of ether oxygens (including phenoxy) is 1. The molecule has 0 amide bonds. The third kappa shape index (κ3) is 3.87. The molecule has 2 rings (SSSR count). The fraction of sp³-hybridized carbons (Fsp3) is 0.412. The minimum atomic E-state index is 0.272. The van der Waals surface area contributed by atoms with Gasteiger partial charge in [0, 0.05) is 18.2 Å². The lowest BCUT2D eigenvalue weighted by Gasteiger charge is -2.13. The monoisotopic (exact) mass is 273 g/mol. The summed E-state index contributed by atoms with van der Waals surface area (Å²) in [5.41, 5.74) is 2.44. The Balaban J connectivity index is 1.77. The smallest absolute Gasteiger partial charge is 0.119 e. The fourth-order valence-corrected chi connectivity index (χ4v) is 2.34. The molecular formula is C17H23NO2. The summed E-state index contributed by atoms with van der Waals surface area (Å²) in [7, 11) is 0. The molecule has 0 saturated heterocycles. The van der Waals surface area contributed by atoms with Crippen molar-refractivity contribution in [2.24, 2.45) is 0 Å². The summed E-state index contributed by atoms with van der Waals surface area (Å²) in [4.78, 5) is 0. The fourth-order valence-electron chi connectivity index (χ4n) is 2.34. The second-order valence-corrected chi connectivity index (χ2v) is 5.21. The topological polar surface area (TPSA) is 34.4 Å². The van der Waals surface area contributed by atoms with Gasteiger partial charge in [-0.15, -0.1) is 0 Å². The summed E-state index contributed by atoms with van der Waals surface area (Å²) in [6.45, 7) is 9.65. The first-order valence-electron chi connectivity index (χ1n) is 7.06. The largest absolute Gasteiger partial charge is 0.492 e. The minimum absolute atomic E-state index is 0.272. The summed E-state index contributed by atoms with van der Waals surface area (Å²) in [5, 5.41) is 3.45. The molecule has 1 atom stereocenters. The van der Waals surface area contributed by atoms with Gasteiger partial charge >= 0.3 is 0 Å². The first kappa shape index (κ1) is 14.7. The molecular weight excluding hydrogens is 250 g/mol. The predicted molar refractivity (Wildman–Crippen MR) is 81.3 cm³/mol. The molecule has 0 fully saturated rings. The van der Waals surface area contributed by atoms with Gasteiger partial charge in [0.1, 0.15) is 23.9 Å². The molecule has 3 heteroatoms. The van der Waals surface area contributed by atoms with Crippen LogP contribution in [0.1, 0.15) is 35.6 Å². The second kappa shape index (κ2) is 6.62. The maximum atomic E-state index is 5.72. The van der Waals surface area contributed by atoms with E-state index < -0.39 is 0 Å². The molecule has 0 saturated carbocycles. The molecule has 1 unspecified atom stereocenters. The summed E-state index contributed by atoms with van der Waals surface area (Å²) in [5.74, 6) is 2.87. The van der Waals surface area contributed by atoms with E-state index in [1.165, 1.54) is 11.1 Å². The van der Waals surface area contributed by atoms with Gasteiger partial charge in [0.2, 0.25) is 0 Å². The third-order valence-electron chi connectivity index (χ3n) is 3.36. The van der Waals surface area contributed by atoms with Gasteiger partial charge in [0.25, 0.3) is 0 Å². The number of hydrogen-bond acceptors (Lipinski definition) is 3. The van der Waals surface area contributed by atoms with Crippen molar-refractivity contribution in [1.82, 2.24) is 5.32 Å². The van der Waals surface area contributed by atoms with E-state index >= 15 is 0 Å². The van der Waals surface area contributed by atoms with E-state index in [9.17, 15) is 0 Å². The van der Waals surface area contributed by atoms with Gasteiger partial charge in [-0.2, -0.15) is 0 Å². The van der Waals surface area contributed by atoms with Gasteiger partial charge < -0.3 is 14.5 Å². The zero-order valence-corrected chi connectivity index (χ0v) is 12.7. The van der Waals surface area contributed by atoms with Crippen molar-refractivity contribution < 1.29 is 9.15 Å². The molecule has 1 aromatic carbocycles. The molecule has 3 nitrogen and oxygen atoms in total. The number of hydrogen-bond donors (Lipinski definition) is 1. The van der Waals surface area contributed by atoms with Crippen molar-refractivity contribution in [2.75, 3.05) is 13.2 Å². The molecule has 0 aliphatic heterocycles. The quantitative estimate of drug-likeness (QED) is 0.810. The maximum absolute atomic E-state index is 5.72. The summed E-state index contributed by atoms with van der Waals surface area (Å²) in [6.07, 6.45) is 0. The first-order chi connectivity index (χ1) is 9.56. The van der Waals surface area contributed by atoms with Gasteiger partial charge in [-0.3, -0.25) is 0 Å². The Kier molecular flexibility index (Phi) is 4.85.